The van der Waals surface area contributed by atoms with E-state index in [1.807, 2.05) is 0 Å². The van der Waals surface area contributed by atoms with Crippen LogP contribution in [0.3, 0.4) is 0 Å². The molecule has 1 fully saturated rings. The number of benzene rings is 1. The number of carbonyl (C=O) groups is 1. The van der Waals surface area contributed by atoms with Crippen molar-refractivity contribution in [3.05, 3.63) is 24.0 Å². The summed E-state index contributed by atoms with van der Waals surface area (Å²) in [5.41, 5.74) is 0.520. The second-order valence-corrected chi connectivity index (χ2v) is 4.78. The molecule has 4 nitrogen and oxygen atoms in total. The van der Waals surface area contributed by atoms with Crippen LogP contribution in [0.4, 0.5) is 14.9 Å². The molecule has 0 radical (unpaired) electrons. The van der Waals surface area contributed by atoms with E-state index in [2.05, 4.69) is 10.6 Å². The number of carbonyl (C=O) groups excluding carboxylic acids is 1. The van der Waals surface area contributed by atoms with Crippen LogP contribution in [0.1, 0.15) is 32.1 Å². The van der Waals surface area contributed by atoms with Gasteiger partial charge in [0, 0.05) is 17.8 Å². The molecule has 0 heterocycles. The summed E-state index contributed by atoms with van der Waals surface area (Å²) in [6, 6.07) is 4.25. The van der Waals surface area contributed by atoms with Crippen LogP contribution in [-0.4, -0.2) is 19.2 Å². The maximum absolute atomic E-state index is 13.2. The van der Waals surface area contributed by atoms with Crippen molar-refractivity contribution in [1.82, 2.24) is 5.32 Å². The zero-order valence-corrected chi connectivity index (χ0v) is 11.0. The number of halogens is 1. The first kappa shape index (κ1) is 13.6. The van der Waals surface area contributed by atoms with Gasteiger partial charge in [-0.05, 0) is 25.0 Å². The molecule has 1 aliphatic carbocycles. The molecule has 1 aliphatic rings. The van der Waals surface area contributed by atoms with Crippen molar-refractivity contribution >= 4 is 11.7 Å². The van der Waals surface area contributed by atoms with Crippen molar-refractivity contribution in [3.8, 4) is 5.75 Å². The number of nitrogens with one attached hydrogen (secondary N) is 2. The average molecular weight is 266 g/mol. The Balaban J connectivity index is 1.90. The fourth-order valence-electron chi connectivity index (χ4n) is 2.34. The fraction of sp³-hybridized carbons (Fsp3) is 0.500. The molecule has 1 aromatic rings. The smallest absolute Gasteiger partial charge is 0.319 e. The highest BCUT2D eigenvalue weighted by Crippen LogP contribution is 2.22. The Morgan fingerprint density at radius 1 is 1.32 bits per heavy atom. The fourth-order valence-corrected chi connectivity index (χ4v) is 2.34. The molecule has 104 valence electrons. The van der Waals surface area contributed by atoms with Gasteiger partial charge in [-0.3, -0.25) is 0 Å². The van der Waals surface area contributed by atoms with Gasteiger partial charge >= 0.3 is 6.03 Å². The first-order valence-corrected chi connectivity index (χ1v) is 6.60. The average Bonchev–Trinajstić information content (AvgIpc) is 2.42. The molecule has 0 spiro atoms. The maximum Gasteiger partial charge on any atom is 0.319 e. The lowest BCUT2D eigenvalue weighted by Crippen LogP contribution is -2.39. The van der Waals surface area contributed by atoms with Gasteiger partial charge in [-0.1, -0.05) is 19.3 Å². The number of methoxy groups -OCH3 is 1. The summed E-state index contributed by atoms with van der Waals surface area (Å²) in [4.78, 5) is 11.8. The molecular weight excluding hydrogens is 247 g/mol. The first-order chi connectivity index (χ1) is 9.19. The third kappa shape index (κ3) is 3.84. The Morgan fingerprint density at radius 3 is 2.74 bits per heavy atom. The van der Waals surface area contributed by atoms with E-state index in [4.69, 9.17) is 4.74 Å². The first-order valence-electron chi connectivity index (χ1n) is 6.60. The summed E-state index contributed by atoms with van der Waals surface area (Å²) in [7, 11) is 1.39. The van der Waals surface area contributed by atoms with Crippen LogP contribution < -0.4 is 15.4 Å². The Labute approximate surface area is 112 Å². The lowest BCUT2D eigenvalue weighted by atomic mass is 9.96. The monoisotopic (exact) mass is 266 g/mol. The summed E-state index contributed by atoms with van der Waals surface area (Å²) in [5.74, 6) is -0.323. The number of hydrogen-bond donors (Lipinski definition) is 2. The number of ether oxygens (including phenoxy) is 1. The number of anilines is 1. The van der Waals surface area contributed by atoms with Crippen LogP contribution in [0.5, 0.6) is 5.75 Å². The summed E-state index contributed by atoms with van der Waals surface area (Å²) in [6.45, 7) is 0. The molecule has 1 saturated carbocycles. The van der Waals surface area contributed by atoms with Crippen LogP contribution in [0.2, 0.25) is 0 Å². The van der Waals surface area contributed by atoms with Gasteiger partial charge in [-0.25, -0.2) is 9.18 Å². The summed E-state index contributed by atoms with van der Waals surface area (Å²) < 4.78 is 18.1. The molecule has 0 saturated heterocycles. The molecule has 2 amide bonds. The van der Waals surface area contributed by atoms with Gasteiger partial charge in [-0.2, -0.15) is 0 Å². The second-order valence-electron chi connectivity index (χ2n) is 4.78. The van der Waals surface area contributed by atoms with Crippen molar-refractivity contribution in [1.29, 1.82) is 0 Å². The van der Waals surface area contributed by atoms with E-state index < -0.39 is 5.82 Å². The normalized spacial score (nSPS) is 15.9. The molecule has 5 heteroatoms. The highest BCUT2D eigenvalue weighted by Gasteiger charge is 2.15. The zero-order chi connectivity index (χ0) is 13.7. The second kappa shape index (κ2) is 6.41. The van der Waals surface area contributed by atoms with Crippen molar-refractivity contribution < 1.29 is 13.9 Å². The highest BCUT2D eigenvalue weighted by molar-refractivity contribution is 5.89. The van der Waals surface area contributed by atoms with Crippen molar-refractivity contribution in [2.75, 3.05) is 12.4 Å². The van der Waals surface area contributed by atoms with E-state index in [0.29, 0.717) is 5.69 Å². The van der Waals surface area contributed by atoms with Crippen LogP contribution in [0.15, 0.2) is 18.2 Å². The summed E-state index contributed by atoms with van der Waals surface area (Å²) >= 11 is 0. The lowest BCUT2D eigenvalue weighted by Gasteiger charge is -2.22. The van der Waals surface area contributed by atoms with Gasteiger partial charge in [0.05, 0.1) is 7.11 Å². The van der Waals surface area contributed by atoms with Crippen LogP contribution in [-0.2, 0) is 0 Å². The van der Waals surface area contributed by atoms with Crippen molar-refractivity contribution in [2.24, 2.45) is 0 Å². The van der Waals surface area contributed by atoms with Gasteiger partial charge in [0.25, 0.3) is 0 Å². The topological polar surface area (TPSA) is 50.4 Å². The van der Waals surface area contributed by atoms with E-state index in [0.717, 1.165) is 25.7 Å². The van der Waals surface area contributed by atoms with Crippen LogP contribution >= 0.6 is 0 Å². The largest absolute Gasteiger partial charge is 0.494 e. The number of urea groups is 1. The maximum atomic E-state index is 13.2. The third-order valence-electron chi connectivity index (χ3n) is 3.35. The predicted molar refractivity (Wildman–Crippen MR) is 72.0 cm³/mol. The Kier molecular flexibility index (Phi) is 4.60. The zero-order valence-electron chi connectivity index (χ0n) is 11.0. The molecule has 0 bridgehead atoms. The Hall–Kier alpha value is -1.78. The summed E-state index contributed by atoms with van der Waals surface area (Å²) in [6.07, 6.45) is 5.62. The van der Waals surface area contributed by atoms with Crippen molar-refractivity contribution in [3.63, 3.8) is 0 Å². The summed E-state index contributed by atoms with van der Waals surface area (Å²) in [5, 5.41) is 5.63. The van der Waals surface area contributed by atoms with Crippen LogP contribution in [0, 0.1) is 5.82 Å². The van der Waals surface area contributed by atoms with Gasteiger partial charge in [0.2, 0.25) is 0 Å². The standard InChI is InChI=1S/C14H19FN2O2/c1-19-13-9-11(7-8-12(13)15)17-14(18)16-10-5-3-2-4-6-10/h7-10H,2-6H2,1H3,(H2,16,17,18). The molecule has 0 unspecified atom stereocenters. The van der Waals surface area contributed by atoms with E-state index >= 15 is 0 Å². The molecule has 0 aromatic heterocycles. The van der Waals surface area contributed by atoms with E-state index in [9.17, 15) is 9.18 Å². The molecular formula is C14H19FN2O2. The van der Waals surface area contributed by atoms with Crippen molar-refractivity contribution in [2.45, 2.75) is 38.1 Å². The van der Waals surface area contributed by atoms with Crippen LogP contribution in [0.25, 0.3) is 0 Å². The minimum Gasteiger partial charge on any atom is -0.494 e. The van der Waals surface area contributed by atoms with Gasteiger partial charge < -0.3 is 15.4 Å². The minimum absolute atomic E-state index is 0.121. The molecule has 19 heavy (non-hydrogen) atoms. The number of hydrogen-bond acceptors (Lipinski definition) is 2. The third-order valence-corrected chi connectivity index (χ3v) is 3.35. The molecule has 2 N–H and O–H groups in total. The molecule has 0 atom stereocenters. The quantitative estimate of drug-likeness (QED) is 0.882. The van der Waals surface area contributed by atoms with E-state index in [1.165, 1.54) is 31.7 Å². The molecule has 1 aromatic carbocycles. The SMILES string of the molecule is COc1cc(NC(=O)NC2CCCCC2)ccc1F. The number of amides is 2. The van der Waals surface area contributed by atoms with E-state index in [1.54, 1.807) is 0 Å². The highest BCUT2D eigenvalue weighted by atomic mass is 19.1. The van der Waals surface area contributed by atoms with Gasteiger partial charge in [0.15, 0.2) is 11.6 Å². The Morgan fingerprint density at radius 2 is 2.05 bits per heavy atom. The van der Waals surface area contributed by atoms with Gasteiger partial charge in [0.1, 0.15) is 0 Å². The predicted octanol–water partition coefficient (Wildman–Crippen LogP) is 3.29. The molecule has 0 aliphatic heterocycles. The Bertz CT molecular complexity index is 445. The van der Waals surface area contributed by atoms with Gasteiger partial charge in [-0.15, -0.1) is 0 Å². The minimum atomic E-state index is -0.444. The number of rotatable bonds is 3. The molecule has 2 rings (SSSR count). The van der Waals surface area contributed by atoms with E-state index in [-0.39, 0.29) is 17.8 Å². The lowest BCUT2D eigenvalue weighted by molar-refractivity contribution is 0.244.